The summed E-state index contributed by atoms with van der Waals surface area (Å²) in [5.41, 5.74) is 2.45. The van der Waals surface area contributed by atoms with E-state index in [1.807, 2.05) is 30.5 Å². The maximum Gasteiger partial charge on any atom is 0.161 e. The summed E-state index contributed by atoms with van der Waals surface area (Å²) in [7, 11) is -3.20. The molecule has 3 heterocycles. The fraction of sp³-hybridized carbons (Fsp3) is 0.421. The van der Waals surface area contributed by atoms with Crippen molar-refractivity contribution in [1.82, 2.24) is 9.97 Å². The molecule has 0 radical (unpaired) electrons. The molecule has 0 N–H and O–H groups in total. The number of anilines is 2. The number of aliphatic imine (C=N–C) groups is 1. The standard InChI is InChI=1S/C19H23N5O3S/c1-28(25,26)13-16-12-18(23-8-10-27-11-9-23)22-19(21-16)15-2-4-17(5-3-15)24-7-6-20-14-24/h2-6,12H,7-11,13-14H2,1H3. The zero-order chi connectivity index (χ0) is 19.6. The predicted octanol–water partition coefficient (Wildman–Crippen LogP) is 1.37. The second-order valence-electron chi connectivity index (χ2n) is 6.99. The molecule has 1 saturated heterocycles. The molecule has 0 spiro atoms. The molecule has 0 saturated carbocycles. The monoisotopic (exact) mass is 401 g/mol. The van der Waals surface area contributed by atoms with E-state index in [0.29, 0.717) is 31.4 Å². The molecule has 4 rings (SSSR count). The van der Waals surface area contributed by atoms with Crippen LogP contribution in [0, 0.1) is 0 Å². The fourth-order valence-electron chi connectivity index (χ4n) is 3.29. The summed E-state index contributed by atoms with van der Waals surface area (Å²) in [5, 5.41) is 0. The maximum absolute atomic E-state index is 11.8. The van der Waals surface area contributed by atoms with Crippen LogP contribution in [0.2, 0.25) is 0 Å². The van der Waals surface area contributed by atoms with E-state index >= 15 is 0 Å². The summed E-state index contributed by atoms with van der Waals surface area (Å²) >= 11 is 0. The van der Waals surface area contributed by atoms with Crippen LogP contribution in [0.1, 0.15) is 5.69 Å². The molecule has 9 heteroatoms. The van der Waals surface area contributed by atoms with E-state index in [1.165, 1.54) is 6.26 Å². The van der Waals surface area contributed by atoms with Gasteiger partial charge in [-0.3, -0.25) is 4.99 Å². The zero-order valence-electron chi connectivity index (χ0n) is 15.8. The molecule has 28 heavy (non-hydrogen) atoms. The fourth-order valence-corrected chi connectivity index (χ4v) is 3.97. The molecule has 2 aromatic rings. The lowest BCUT2D eigenvalue weighted by Gasteiger charge is -2.28. The molecule has 0 bridgehead atoms. The lowest BCUT2D eigenvalue weighted by Crippen LogP contribution is -2.37. The number of nitrogens with zero attached hydrogens (tertiary/aromatic N) is 5. The quantitative estimate of drug-likeness (QED) is 0.748. The number of sulfone groups is 1. The summed E-state index contributed by atoms with van der Waals surface area (Å²) in [6, 6.07) is 9.74. The molecule has 2 aliphatic heterocycles. The van der Waals surface area contributed by atoms with Crippen molar-refractivity contribution in [3.63, 3.8) is 0 Å². The Labute approximate surface area is 164 Å². The van der Waals surface area contributed by atoms with Gasteiger partial charge < -0.3 is 14.5 Å². The van der Waals surface area contributed by atoms with Crippen molar-refractivity contribution >= 4 is 27.6 Å². The summed E-state index contributed by atoms with van der Waals surface area (Å²) in [5.74, 6) is 1.17. The van der Waals surface area contributed by atoms with Crippen LogP contribution in [0.25, 0.3) is 11.4 Å². The van der Waals surface area contributed by atoms with Gasteiger partial charge in [-0.2, -0.15) is 0 Å². The first-order valence-corrected chi connectivity index (χ1v) is 11.3. The number of rotatable bonds is 5. The minimum absolute atomic E-state index is 0.108. The van der Waals surface area contributed by atoms with Gasteiger partial charge in [0, 0.05) is 42.9 Å². The number of hydrogen-bond donors (Lipinski definition) is 0. The molecule has 1 aromatic carbocycles. The second-order valence-corrected chi connectivity index (χ2v) is 9.13. The van der Waals surface area contributed by atoms with Crippen molar-refractivity contribution in [2.75, 3.05) is 55.6 Å². The van der Waals surface area contributed by atoms with Crippen molar-refractivity contribution < 1.29 is 13.2 Å². The third kappa shape index (κ3) is 4.48. The van der Waals surface area contributed by atoms with Crippen LogP contribution >= 0.6 is 0 Å². The average molecular weight is 401 g/mol. The minimum Gasteiger partial charge on any atom is -0.378 e. The normalized spacial score (nSPS) is 17.3. The Morgan fingerprint density at radius 2 is 1.82 bits per heavy atom. The molecule has 2 aliphatic rings. The van der Waals surface area contributed by atoms with Crippen LogP contribution < -0.4 is 9.80 Å². The van der Waals surface area contributed by atoms with Crippen LogP contribution in [-0.4, -0.2) is 70.4 Å². The Balaban J connectivity index is 1.67. The third-order valence-corrected chi connectivity index (χ3v) is 5.51. The molecule has 148 valence electrons. The highest BCUT2D eigenvalue weighted by Crippen LogP contribution is 2.25. The molecular weight excluding hydrogens is 378 g/mol. The first kappa shape index (κ1) is 18.8. The third-order valence-electron chi connectivity index (χ3n) is 4.68. The number of aromatic nitrogens is 2. The van der Waals surface area contributed by atoms with Gasteiger partial charge in [-0.15, -0.1) is 0 Å². The first-order chi connectivity index (χ1) is 13.5. The highest BCUT2D eigenvalue weighted by molar-refractivity contribution is 7.89. The van der Waals surface area contributed by atoms with Crippen molar-refractivity contribution in [1.29, 1.82) is 0 Å². The molecule has 0 aliphatic carbocycles. The number of hydrogen-bond acceptors (Lipinski definition) is 8. The van der Waals surface area contributed by atoms with Crippen LogP contribution in [0.4, 0.5) is 11.5 Å². The van der Waals surface area contributed by atoms with Gasteiger partial charge in [-0.1, -0.05) is 0 Å². The lowest BCUT2D eigenvalue weighted by molar-refractivity contribution is 0.122. The van der Waals surface area contributed by atoms with E-state index in [9.17, 15) is 8.42 Å². The highest BCUT2D eigenvalue weighted by atomic mass is 32.2. The van der Waals surface area contributed by atoms with Gasteiger partial charge in [0.25, 0.3) is 0 Å². The SMILES string of the molecule is CS(=O)(=O)Cc1cc(N2CCOCC2)nc(-c2ccc(N3CC=NC3)cc2)n1. The van der Waals surface area contributed by atoms with E-state index in [4.69, 9.17) is 9.72 Å². The molecular formula is C19H23N5O3S. The van der Waals surface area contributed by atoms with E-state index < -0.39 is 9.84 Å². The van der Waals surface area contributed by atoms with E-state index in [1.54, 1.807) is 6.07 Å². The van der Waals surface area contributed by atoms with Gasteiger partial charge in [0.1, 0.15) is 12.5 Å². The molecule has 1 fully saturated rings. The summed E-state index contributed by atoms with van der Waals surface area (Å²) in [4.78, 5) is 17.7. The molecule has 0 unspecified atom stereocenters. The van der Waals surface area contributed by atoms with Crippen LogP contribution in [-0.2, 0) is 20.3 Å². The van der Waals surface area contributed by atoms with E-state index in [-0.39, 0.29) is 5.75 Å². The smallest absolute Gasteiger partial charge is 0.161 e. The Morgan fingerprint density at radius 3 is 2.46 bits per heavy atom. The Hall–Kier alpha value is -2.52. The van der Waals surface area contributed by atoms with Gasteiger partial charge in [0.05, 0.1) is 31.2 Å². The van der Waals surface area contributed by atoms with Crippen LogP contribution in [0.15, 0.2) is 35.3 Å². The van der Waals surface area contributed by atoms with Gasteiger partial charge in [-0.05, 0) is 24.3 Å². The number of ether oxygens (including phenoxy) is 1. The van der Waals surface area contributed by atoms with Crippen LogP contribution in [0.3, 0.4) is 0 Å². The molecule has 1 aromatic heterocycles. The second kappa shape index (κ2) is 7.84. The van der Waals surface area contributed by atoms with E-state index in [0.717, 1.165) is 36.7 Å². The van der Waals surface area contributed by atoms with Gasteiger partial charge in [0.2, 0.25) is 0 Å². The number of benzene rings is 1. The average Bonchev–Trinajstić information content (AvgIpc) is 3.22. The Kier molecular flexibility index (Phi) is 5.27. The maximum atomic E-state index is 11.8. The first-order valence-electron chi connectivity index (χ1n) is 9.20. The Morgan fingerprint density at radius 1 is 1.07 bits per heavy atom. The van der Waals surface area contributed by atoms with Crippen molar-refractivity contribution in [2.24, 2.45) is 4.99 Å². The summed E-state index contributed by atoms with van der Waals surface area (Å²) in [6.45, 7) is 4.19. The number of morpholine rings is 1. The molecule has 8 nitrogen and oxygen atoms in total. The minimum atomic E-state index is -3.20. The van der Waals surface area contributed by atoms with E-state index in [2.05, 4.69) is 19.8 Å². The van der Waals surface area contributed by atoms with Crippen molar-refractivity contribution in [3.05, 3.63) is 36.0 Å². The summed E-state index contributed by atoms with van der Waals surface area (Å²) in [6.07, 6.45) is 3.12. The highest BCUT2D eigenvalue weighted by Gasteiger charge is 2.18. The Bertz CT molecular complexity index is 962. The lowest BCUT2D eigenvalue weighted by atomic mass is 10.1. The van der Waals surface area contributed by atoms with Gasteiger partial charge >= 0.3 is 0 Å². The predicted molar refractivity (Wildman–Crippen MR) is 110 cm³/mol. The van der Waals surface area contributed by atoms with Crippen molar-refractivity contribution in [3.8, 4) is 11.4 Å². The largest absolute Gasteiger partial charge is 0.378 e. The topological polar surface area (TPSA) is 88.0 Å². The van der Waals surface area contributed by atoms with Crippen LogP contribution in [0.5, 0.6) is 0 Å². The zero-order valence-corrected chi connectivity index (χ0v) is 16.6. The molecule has 0 atom stereocenters. The van der Waals surface area contributed by atoms with Gasteiger partial charge in [0.15, 0.2) is 15.7 Å². The summed E-state index contributed by atoms with van der Waals surface area (Å²) < 4.78 is 29.0. The van der Waals surface area contributed by atoms with Gasteiger partial charge in [-0.25, -0.2) is 18.4 Å². The van der Waals surface area contributed by atoms with Crippen molar-refractivity contribution in [2.45, 2.75) is 5.75 Å². The molecule has 0 amide bonds.